The van der Waals surface area contributed by atoms with Crippen molar-refractivity contribution in [3.8, 4) is 0 Å². The molecule has 138 valence electrons. The summed E-state index contributed by atoms with van der Waals surface area (Å²) in [5.41, 5.74) is 1.65. The van der Waals surface area contributed by atoms with Crippen LogP contribution in [0, 0.1) is 13.8 Å². The zero-order valence-electron chi connectivity index (χ0n) is 14.9. The van der Waals surface area contributed by atoms with Crippen LogP contribution in [-0.4, -0.2) is 44.4 Å². The number of hydrogen-bond acceptors (Lipinski definition) is 4. The lowest BCUT2D eigenvalue weighted by atomic mass is 10.1. The van der Waals surface area contributed by atoms with Crippen LogP contribution in [0.15, 0.2) is 41.3 Å². The Morgan fingerprint density at radius 3 is 2.08 bits per heavy atom. The Morgan fingerprint density at radius 2 is 1.58 bits per heavy atom. The number of carboxylic acid groups (broad SMARTS) is 1. The third-order valence-corrected chi connectivity index (χ3v) is 5.45. The molecule has 1 amide bonds. The summed E-state index contributed by atoms with van der Waals surface area (Å²) >= 11 is 0. The first-order chi connectivity index (χ1) is 12.0. The van der Waals surface area contributed by atoms with Gasteiger partial charge in [0.25, 0.3) is 15.9 Å². The number of nitrogens with one attached hydrogen (secondary N) is 1. The van der Waals surface area contributed by atoms with Crippen LogP contribution >= 0.6 is 0 Å². The summed E-state index contributed by atoms with van der Waals surface area (Å²) in [5.74, 6) is -1.39. The molecule has 7 nitrogen and oxygen atoms in total. The Labute approximate surface area is 152 Å². The second-order valence-electron chi connectivity index (χ2n) is 6.10. The normalized spacial score (nSPS) is 11.1. The molecule has 0 aliphatic carbocycles. The van der Waals surface area contributed by atoms with E-state index < -0.39 is 16.0 Å². The Hall–Kier alpha value is -2.87. The van der Waals surface area contributed by atoms with Gasteiger partial charge in [0, 0.05) is 25.3 Å². The maximum Gasteiger partial charge on any atom is 0.335 e. The summed E-state index contributed by atoms with van der Waals surface area (Å²) < 4.78 is 27.8. The third-order valence-electron chi connectivity index (χ3n) is 3.95. The first-order valence-electron chi connectivity index (χ1n) is 7.72. The molecule has 0 spiro atoms. The van der Waals surface area contributed by atoms with E-state index in [1.807, 2.05) is 0 Å². The number of benzene rings is 2. The van der Waals surface area contributed by atoms with Crippen LogP contribution in [0.25, 0.3) is 0 Å². The van der Waals surface area contributed by atoms with Gasteiger partial charge in [0.15, 0.2) is 0 Å². The number of aromatic carboxylic acids is 1. The molecule has 2 N–H and O–H groups in total. The van der Waals surface area contributed by atoms with Gasteiger partial charge in [-0.3, -0.25) is 9.52 Å². The highest BCUT2D eigenvalue weighted by Crippen LogP contribution is 2.24. The minimum Gasteiger partial charge on any atom is -0.478 e. The largest absolute Gasteiger partial charge is 0.478 e. The van der Waals surface area contributed by atoms with Gasteiger partial charge in [0.2, 0.25) is 0 Å². The molecule has 0 fully saturated rings. The van der Waals surface area contributed by atoms with Gasteiger partial charge in [-0.05, 0) is 61.4 Å². The zero-order valence-corrected chi connectivity index (χ0v) is 15.7. The van der Waals surface area contributed by atoms with Crippen molar-refractivity contribution < 1.29 is 23.1 Å². The van der Waals surface area contributed by atoms with Crippen LogP contribution in [-0.2, 0) is 10.0 Å². The van der Waals surface area contributed by atoms with Gasteiger partial charge in [-0.1, -0.05) is 0 Å². The Balaban J connectivity index is 2.38. The molecule has 0 aliphatic rings. The van der Waals surface area contributed by atoms with Crippen molar-refractivity contribution in [2.45, 2.75) is 18.7 Å². The Kier molecular flexibility index (Phi) is 5.36. The molecule has 0 heterocycles. The minimum absolute atomic E-state index is 0.0941. The van der Waals surface area contributed by atoms with Gasteiger partial charge in [-0.25, -0.2) is 13.2 Å². The fraction of sp³-hybridized carbons (Fsp3) is 0.222. The number of amides is 1. The number of nitrogens with zero attached hydrogens (tertiary/aromatic N) is 1. The molecular formula is C18H20N2O5S. The monoisotopic (exact) mass is 376 g/mol. The summed E-state index contributed by atoms with van der Waals surface area (Å²) in [6.07, 6.45) is 0. The molecule has 0 bridgehead atoms. The Bertz CT molecular complexity index is 964. The number of hydrogen-bond donors (Lipinski definition) is 2. The van der Waals surface area contributed by atoms with Crippen molar-refractivity contribution in [3.05, 3.63) is 58.7 Å². The number of carbonyl (C=O) groups is 2. The topological polar surface area (TPSA) is 104 Å². The van der Waals surface area contributed by atoms with E-state index in [9.17, 15) is 18.0 Å². The lowest BCUT2D eigenvalue weighted by molar-refractivity contribution is 0.0696. The van der Waals surface area contributed by atoms with Crippen molar-refractivity contribution in [1.29, 1.82) is 0 Å². The lowest BCUT2D eigenvalue weighted by Crippen LogP contribution is -2.21. The second kappa shape index (κ2) is 7.17. The van der Waals surface area contributed by atoms with Crippen LogP contribution in [0.4, 0.5) is 5.69 Å². The molecule has 2 rings (SSSR count). The highest BCUT2D eigenvalue weighted by molar-refractivity contribution is 7.92. The van der Waals surface area contributed by atoms with Crippen LogP contribution in [0.5, 0.6) is 0 Å². The van der Waals surface area contributed by atoms with E-state index in [2.05, 4.69) is 4.72 Å². The van der Waals surface area contributed by atoms with E-state index in [1.54, 1.807) is 27.9 Å². The summed E-state index contributed by atoms with van der Waals surface area (Å²) in [6, 6.07) is 8.57. The molecule has 2 aromatic carbocycles. The number of rotatable bonds is 5. The van der Waals surface area contributed by atoms with Crippen LogP contribution in [0.2, 0.25) is 0 Å². The maximum absolute atomic E-state index is 12.7. The van der Waals surface area contributed by atoms with Crippen molar-refractivity contribution in [2.75, 3.05) is 18.8 Å². The summed E-state index contributed by atoms with van der Waals surface area (Å²) in [4.78, 5) is 24.4. The number of aryl methyl sites for hydroxylation is 1. The van der Waals surface area contributed by atoms with E-state index in [0.29, 0.717) is 16.7 Å². The SMILES string of the molecule is Cc1cc(C(=O)O)cc(S(=O)(=O)Nc2ccc(C(=O)N(C)C)cc2)c1C. The summed E-state index contributed by atoms with van der Waals surface area (Å²) in [6.45, 7) is 3.27. The molecule has 0 aliphatic heterocycles. The summed E-state index contributed by atoms with van der Waals surface area (Å²) in [5, 5.41) is 9.16. The average molecular weight is 376 g/mol. The maximum atomic E-state index is 12.7. The molecule has 0 unspecified atom stereocenters. The number of carboxylic acids is 1. The van der Waals surface area contributed by atoms with Crippen LogP contribution in [0.1, 0.15) is 31.8 Å². The van der Waals surface area contributed by atoms with E-state index in [0.717, 1.165) is 6.07 Å². The van der Waals surface area contributed by atoms with Crippen molar-refractivity contribution in [2.24, 2.45) is 0 Å². The van der Waals surface area contributed by atoms with Gasteiger partial charge in [0.1, 0.15) is 0 Å². The highest BCUT2D eigenvalue weighted by atomic mass is 32.2. The third kappa shape index (κ3) is 4.02. The van der Waals surface area contributed by atoms with Gasteiger partial charge in [-0.2, -0.15) is 0 Å². The van der Waals surface area contributed by atoms with Crippen molar-refractivity contribution >= 4 is 27.6 Å². The van der Waals surface area contributed by atoms with Gasteiger partial charge in [0.05, 0.1) is 10.5 Å². The van der Waals surface area contributed by atoms with Crippen molar-refractivity contribution in [3.63, 3.8) is 0 Å². The zero-order chi connectivity index (χ0) is 19.6. The number of carbonyl (C=O) groups excluding carboxylic acids is 1. The van der Waals surface area contributed by atoms with Gasteiger partial charge >= 0.3 is 5.97 Å². The minimum atomic E-state index is -3.98. The van der Waals surface area contributed by atoms with Crippen LogP contribution < -0.4 is 4.72 Å². The fourth-order valence-corrected chi connectivity index (χ4v) is 3.78. The fourth-order valence-electron chi connectivity index (χ4n) is 2.38. The van der Waals surface area contributed by atoms with E-state index in [4.69, 9.17) is 5.11 Å². The average Bonchev–Trinajstić information content (AvgIpc) is 2.56. The highest BCUT2D eigenvalue weighted by Gasteiger charge is 2.21. The molecule has 0 aromatic heterocycles. The van der Waals surface area contributed by atoms with E-state index >= 15 is 0 Å². The van der Waals surface area contributed by atoms with E-state index in [1.165, 1.54) is 35.2 Å². The Morgan fingerprint density at radius 1 is 1.00 bits per heavy atom. The molecule has 0 saturated carbocycles. The molecule has 2 aromatic rings. The van der Waals surface area contributed by atoms with Crippen molar-refractivity contribution in [1.82, 2.24) is 4.90 Å². The molecule has 0 radical (unpaired) electrons. The second-order valence-corrected chi connectivity index (χ2v) is 7.75. The quantitative estimate of drug-likeness (QED) is 0.834. The number of anilines is 1. The van der Waals surface area contributed by atoms with Gasteiger partial charge < -0.3 is 10.0 Å². The first kappa shape index (κ1) is 19.5. The predicted molar refractivity (Wildman–Crippen MR) is 98.1 cm³/mol. The molecule has 8 heteroatoms. The summed E-state index contributed by atoms with van der Waals surface area (Å²) in [7, 11) is -0.732. The molecule has 0 atom stereocenters. The predicted octanol–water partition coefficient (Wildman–Crippen LogP) is 2.50. The molecule has 0 saturated heterocycles. The molecular weight excluding hydrogens is 356 g/mol. The smallest absolute Gasteiger partial charge is 0.335 e. The molecule has 26 heavy (non-hydrogen) atoms. The lowest BCUT2D eigenvalue weighted by Gasteiger charge is -2.14. The number of sulfonamides is 1. The first-order valence-corrected chi connectivity index (χ1v) is 9.20. The standard InChI is InChI=1S/C18H20N2O5S/c1-11-9-14(18(22)23)10-16(12(11)2)26(24,25)19-15-7-5-13(6-8-15)17(21)20(3)4/h5-10,19H,1-4H3,(H,22,23). The van der Waals surface area contributed by atoms with Crippen LogP contribution in [0.3, 0.4) is 0 Å². The van der Waals surface area contributed by atoms with Gasteiger partial charge in [-0.15, -0.1) is 0 Å². The van der Waals surface area contributed by atoms with E-state index in [-0.39, 0.29) is 22.1 Å².